The Labute approximate surface area is 73.6 Å². The number of rotatable bonds is 1. The molecule has 2 atom stereocenters. The molecule has 1 aliphatic rings. The minimum Gasteiger partial charge on any atom is -0.389 e. The Bertz CT molecular complexity index is 195. The lowest BCUT2D eigenvalue weighted by Crippen LogP contribution is -2.49. The van der Waals surface area contributed by atoms with Gasteiger partial charge in [-0.1, -0.05) is 0 Å². The van der Waals surface area contributed by atoms with Crippen LogP contribution in [0.1, 0.15) is 26.7 Å². The van der Waals surface area contributed by atoms with Gasteiger partial charge in [0.2, 0.25) is 0 Å². The van der Waals surface area contributed by atoms with E-state index < -0.39 is 5.60 Å². The maximum atomic E-state index is 9.74. The highest BCUT2D eigenvalue weighted by atomic mass is 16.3. The van der Waals surface area contributed by atoms with E-state index in [4.69, 9.17) is 5.26 Å². The molecule has 1 fully saturated rings. The van der Waals surface area contributed by atoms with Gasteiger partial charge in [-0.05, 0) is 33.2 Å². The fourth-order valence-corrected chi connectivity index (χ4v) is 1.67. The summed E-state index contributed by atoms with van der Waals surface area (Å²) in [5.41, 5.74) is -0.594. The molecule has 1 aliphatic heterocycles. The molecular weight excluding hydrogens is 152 g/mol. The van der Waals surface area contributed by atoms with E-state index in [0.717, 1.165) is 19.4 Å². The quantitative estimate of drug-likeness (QED) is 0.628. The number of hydrogen-bond donors (Lipinski definition) is 1. The average Bonchev–Trinajstić information content (AvgIpc) is 2.01. The van der Waals surface area contributed by atoms with E-state index in [1.165, 1.54) is 0 Å². The molecule has 0 aromatic rings. The Balaban J connectivity index is 2.53. The number of nitrogens with zero attached hydrogens (tertiary/aromatic N) is 2. The van der Waals surface area contributed by atoms with Crippen LogP contribution in [-0.2, 0) is 0 Å². The van der Waals surface area contributed by atoms with E-state index >= 15 is 0 Å². The molecule has 1 rings (SSSR count). The molecule has 0 spiro atoms. The summed E-state index contributed by atoms with van der Waals surface area (Å²) in [4.78, 5) is 2.03. The molecular formula is C9H16N2O. The van der Waals surface area contributed by atoms with E-state index in [9.17, 15) is 5.11 Å². The van der Waals surface area contributed by atoms with Gasteiger partial charge in [0.25, 0.3) is 0 Å². The highest BCUT2D eigenvalue weighted by Gasteiger charge is 2.30. The van der Waals surface area contributed by atoms with Gasteiger partial charge in [-0.15, -0.1) is 0 Å². The van der Waals surface area contributed by atoms with Gasteiger partial charge in [0, 0.05) is 6.54 Å². The molecule has 0 radical (unpaired) electrons. The van der Waals surface area contributed by atoms with Crippen LogP contribution in [0.4, 0.5) is 0 Å². The lowest BCUT2D eigenvalue weighted by atomic mass is 9.94. The standard InChI is InChI=1S/C9H16N2O/c1-8(6-10)11-5-3-4-9(2,12)7-11/h8,12H,3-5,7H2,1-2H3. The molecule has 68 valence electrons. The van der Waals surface area contributed by atoms with E-state index in [1.807, 2.05) is 18.7 Å². The average molecular weight is 168 g/mol. The third-order valence-electron chi connectivity index (χ3n) is 2.44. The van der Waals surface area contributed by atoms with Crippen LogP contribution in [0.25, 0.3) is 0 Å². The van der Waals surface area contributed by atoms with Crippen LogP contribution in [0.2, 0.25) is 0 Å². The topological polar surface area (TPSA) is 47.3 Å². The van der Waals surface area contributed by atoms with Crippen LogP contribution < -0.4 is 0 Å². The zero-order valence-corrected chi connectivity index (χ0v) is 7.75. The van der Waals surface area contributed by atoms with Gasteiger partial charge in [-0.2, -0.15) is 5.26 Å². The first-order valence-corrected chi connectivity index (χ1v) is 4.41. The Morgan fingerprint density at radius 2 is 2.33 bits per heavy atom. The molecule has 1 saturated heterocycles. The van der Waals surface area contributed by atoms with E-state index in [2.05, 4.69) is 6.07 Å². The second-order valence-electron chi connectivity index (χ2n) is 3.88. The number of likely N-dealkylation sites (tertiary alicyclic amines) is 1. The first kappa shape index (κ1) is 9.50. The van der Waals surface area contributed by atoms with Gasteiger partial charge >= 0.3 is 0 Å². The molecule has 0 saturated carbocycles. The molecule has 3 nitrogen and oxygen atoms in total. The smallest absolute Gasteiger partial charge is 0.0950 e. The van der Waals surface area contributed by atoms with Crippen molar-refractivity contribution >= 4 is 0 Å². The lowest BCUT2D eigenvalue weighted by molar-refractivity contribution is -0.0210. The second kappa shape index (κ2) is 3.42. The van der Waals surface area contributed by atoms with E-state index in [-0.39, 0.29) is 6.04 Å². The summed E-state index contributed by atoms with van der Waals surface area (Å²) in [6, 6.07) is 2.11. The van der Waals surface area contributed by atoms with Crippen molar-refractivity contribution in [2.75, 3.05) is 13.1 Å². The summed E-state index contributed by atoms with van der Waals surface area (Å²) < 4.78 is 0. The summed E-state index contributed by atoms with van der Waals surface area (Å²) >= 11 is 0. The fraction of sp³-hybridized carbons (Fsp3) is 0.889. The van der Waals surface area contributed by atoms with Crippen molar-refractivity contribution in [1.29, 1.82) is 5.26 Å². The van der Waals surface area contributed by atoms with Crippen molar-refractivity contribution < 1.29 is 5.11 Å². The summed E-state index contributed by atoms with van der Waals surface area (Å²) in [5, 5.41) is 18.4. The number of nitriles is 1. The molecule has 12 heavy (non-hydrogen) atoms. The zero-order chi connectivity index (χ0) is 9.19. The van der Waals surface area contributed by atoms with Crippen LogP contribution in [0.5, 0.6) is 0 Å². The summed E-state index contributed by atoms with van der Waals surface area (Å²) in [6.45, 7) is 5.28. The number of hydrogen-bond acceptors (Lipinski definition) is 3. The highest BCUT2D eigenvalue weighted by molar-refractivity contribution is 4.93. The monoisotopic (exact) mass is 168 g/mol. The fourth-order valence-electron chi connectivity index (χ4n) is 1.67. The summed E-state index contributed by atoms with van der Waals surface area (Å²) in [5.74, 6) is 0. The van der Waals surface area contributed by atoms with Crippen molar-refractivity contribution in [3.8, 4) is 6.07 Å². The Kier molecular flexibility index (Phi) is 2.71. The van der Waals surface area contributed by atoms with Crippen LogP contribution in [-0.4, -0.2) is 34.7 Å². The van der Waals surface area contributed by atoms with Crippen molar-refractivity contribution in [2.45, 2.75) is 38.3 Å². The Morgan fingerprint density at radius 1 is 1.67 bits per heavy atom. The van der Waals surface area contributed by atoms with Crippen molar-refractivity contribution in [3.63, 3.8) is 0 Å². The number of aliphatic hydroxyl groups is 1. The molecule has 0 aliphatic carbocycles. The summed E-state index contributed by atoms with van der Waals surface area (Å²) in [6.07, 6.45) is 1.83. The molecule has 0 aromatic carbocycles. The zero-order valence-electron chi connectivity index (χ0n) is 7.75. The van der Waals surface area contributed by atoms with Gasteiger partial charge in [-0.3, -0.25) is 4.90 Å². The maximum absolute atomic E-state index is 9.74. The van der Waals surface area contributed by atoms with Crippen molar-refractivity contribution in [3.05, 3.63) is 0 Å². The lowest BCUT2D eigenvalue weighted by Gasteiger charge is -2.37. The molecule has 3 heteroatoms. The predicted molar refractivity (Wildman–Crippen MR) is 46.5 cm³/mol. The largest absolute Gasteiger partial charge is 0.389 e. The van der Waals surface area contributed by atoms with Crippen molar-refractivity contribution in [1.82, 2.24) is 4.90 Å². The Morgan fingerprint density at radius 3 is 2.83 bits per heavy atom. The SMILES string of the molecule is CC(C#N)N1CCCC(C)(O)C1. The highest BCUT2D eigenvalue weighted by Crippen LogP contribution is 2.21. The van der Waals surface area contributed by atoms with Gasteiger partial charge in [0.05, 0.1) is 17.7 Å². The summed E-state index contributed by atoms with van der Waals surface area (Å²) in [7, 11) is 0. The number of β-amino-alcohol motifs (C(OH)–C–C–N with tert-alkyl or cyclic N) is 1. The molecule has 1 N–H and O–H groups in total. The minimum atomic E-state index is -0.594. The van der Waals surface area contributed by atoms with E-state index in [1.54, 1.807) is 0 Å². The minimum absolute atomic E-state index is 0.0724. The van der Waals surface area contributed by atoms with E-state index in [0.29, 0.717) is 6.54 Å². The van der Waals surface area contributed by atoms with Crippen LogP contribution >= 0.6 is 0 Å². The molecule has 2 unspecified atom stereocenters. The molecule has 0 aromatic heterocycles. The number of piperidine rings is 1. The van der Waals surface area contributed by atoms with Crippen molar-refractivity contribution in [2.24, 2.45) is 0 Å². The predicted octanol–water partition coefficient (Wildman–Crippen LogP) is 0.745. The second-order valence-corrected chi connectivity index (χ2v) is 3.88. The van der Waals surface area contributed by atoms with Gasteiger partial charge in [0.15, 0.2) is 0 Å². The van der Waals surface area contributed by atoms with Crippen LogP contribution in [0.15, 0.2) is 0 Å². The van der Waals surface area contributed by atoms with Crippen LogP contribution in [0, 0.1) is 11.3 Å². The molecule has 1 heterocycles. The third kappa shape index (κ3) is 2.20. The van der Waals surface area contributed by atoms with Gasteiger partial charge in [-0.25, -0.2) is 0 Å². The molecule has 0 bridgehead atoms. The van der Waals surface area contributed by atoms with Gasteiger partial charge < -0.3 is 5.11 Å². The Hall–Kier alpha value is -0.590. The van der Waals surface area contributed by atoms with Crippen LogP contribution in [0.3, 0.4) is 0 Å². The van der Waals surface area contributed by atoms with Gasteiger partial charge in [0.1, 0.15) is 0 Å². The maximum Gasteiger partial charge on any atom is 0.0950 e. The first-order chi connectivity index (χ1) is 5.55. The third-order valence-corrected chi connectivity index (χ3v) is 2.44. The normalized spacial score (nSPS) is 34.2. The molecule has 0 amide bonds. The first-order valence-electron chi connectivity index (χ1n) is 4.41.